The Kier molecular flexibility index (Phi) is 4.56. The lowest BCUT2D eigenvalue weighted by atomic mass is 9.52. The topological polar surface area (TPSA) is 213 Å². The molecule has 0 unspecified atom stereocenters. The van der Waals surface area contributed by atoms with Crippen molar-refractivity contribution in [1.29, 1.82) is 0 Å². The van der Waals surface area contributed by atoms with Crippen LogP contribution in [0, 0.1) is 16.7 Å². The molecule has 0 radical (unpaired) electrons. The van der Waals surface area contributed by atoms with E-state index in [0.29, 0.717) is 0 Å². The van der Waals surface area contributed by atoms with Crippen molar-refractivity contribution < 1.29 is 55.1 Å². The number of hydrogen-bond acceptors (Lipinski definition) is 11. The third-order valence-electron chi connectivity index (χ3n) is 11.0. The van der Waals surface area contributed by atoms with E-state index in [2.05, 4.69) is 4.98 Å². The normalized spacial score (nSPS) is 55.1. The minimum absolute atomic E-state index is 0.0302. The van der Waals surface area contributed by atoms with E-state index in [-0.39, 0.29) is 11.3 Å². The summed E-state index contributed by atoms with van der Waals surface area (Å²) in [5.41, 5.74) is -17.8. The highest BCUT2D eigenvalue weighted by molar-refractivity contribution is 5.87. The molecule has 0 aromatic carbocycles. The van der Waals surface area contributed by atoms with Crippen LogP contribution in [0.3, 0.4) is 0 Å². The van der Waals surface area contributed by atoms with E-state index in [1.807, 2.05) is 0 Å². The number of aliphatic hydroxyl groups excluding tert-OH is 3. The quantitative estimate of drug-likeness (QED) is 0.148. The number of aliphatic hydroxyl groups is 8. The van der Waals surface area contributed by atoms with E-state index in [9.17, 15) is 45.6 Å². The molecule has 10 atom stereocenters. The van der Waals surface area contributed by atoms with Gasteiger partial charge in [0.2, 0.25) is 0 Å². The average molecular weight is 524 g/mol. The number of aromatic nitrogens is 1. The molecule has 6 bridgehead atoms. The summed E-state index contributed by atoms with van der Waals surface area (Å²) in [5, 5.41) is 94.8. The largest absolute Gasteiger partial charge is 0.451 e. The Morgan fingerprint density at radius 2 is 1.89 bits per heavy atom. The molecule has 4 aliphatic carbocycles. The third-order valence-corrected chi connectivity index (χ3v) is 11.0. The van der Waals surface area contributed by atoms with Crippen LogP contribution in [0.2, 0.25) is 0 Å². The molecule has 1 aromatic heterocycles. The van der Waals surface area contributed by atoms with Crippen LogP contribution in [0.1, 0.15) is 44.1 Å². The number of ether oxygens (including phenoxy) is 2. The van der Waals surface area contributed by atoms with Gasteiger partial charge < -0.3 is 55.3 Å². The predicted octanol–water partition coefficient (Wildman–Crippen LogP) is -2.32. The lowest BCUT2D eigenvalue weighted by molar-refractivity contribution is -0.386. The lowest BCUT2D eigenvalue weighted by Crippen LogP contribution is -2.74. The first-order valence-corrected chi connectivity index (χ1v) is 12.4. The Balaban J connectivity index is 1.71. The number of rotatable bonds is 5. The smallest absolute Gasteiger partial charge is 0.355 e. The molecule has 9 N–H and O–H groups in total. The van der Waals surface area contributed by atoms with E-state index in [0.717, 1.165) is 0 Å². The van der Waals surface area contributed by atoms with Gasteiger partial charge in [0.05, 0.1) is 24.0 Å². The number of hydrogen-bond donors (Lipinski definition) is 9. The molecule has 37 heavy (non-hydrogen) atoms. The van der Waals surface area contributed by atoms with Crippen molar-refractivity contribution in [2.75, 3.05) is 13.2 Å². The van der Waals surface area contributed by atoms with Gasteiger partial charge in [-0.1, -0.05) is 19.9 Å². The number of esters is 1. The lowest BCUT2D eigenvalue weighted by Gasteiger charge is -2.60. The van der Waals surface area contributed by atoms with Crippen molar-refractivity contribution in [2.24, 2.45) is 16.7 Å². The number of carbonyl (C=O) groups is 1. The Bertz CT molecular complexity index is 1220. The van der Waals surface area contributed by atoms with Gasteiger partial charge in [-0.05, 0) is 37.0 Å². The number of aromatic amines is 1. The fourth-order valence-electron chi connectivity index (χ4n) is 9.31. The van der Waals surface area contributed by atoms with Gasteiger partial charge in [0.15, 0.2) is 17.5 Å². The van der Waals surface area contributed by atoms with Crippen molar-refractivity contribution in [3.05, 3.63) is 35.7 Å². The molecule has 2 aliphatic heterocycles. The molecule has 12 nitrogen and oxygen atoms in total. The summed E-state index contributed by atoms with van der Waals surface area (Å²) in [7, 11) is 0. The highest BCUT2D eigenvalue weighted by Gasteiger charge is 3.10. The van der Waals surface area contributed by atoms with Crippen LogP contribution in [-0.4, -0.2) is 111 Å². The third kappa shape index (κ3) is 1.90. The average Bonchev–Trinajstić information content (AvgIpc) is 3.47. The Labute approximate surface area is 211 Å². The van der Waals surface area contributed by atoms with Crippen molar-refractivity contribution in [3.8, 4) is 0 Å². The zero-order valence-corrected chi connectivity index (χ0v) is 20.7. The maximum Gasteiger partial charge on any atom is 0.355 e. The summed E-state index contributed by atoms with van der Waals surface area (Å²) in [6.07, 6.45) is -2.25. The molecule has 5 fully saturated rings. The SMILES string of the molecule is CC(C)[C@@]1(O)[C@@H](OC(=O)c2ccc[nH]2)[C@@]2(O)[C@@]3(CO)C[C@]4(O)O[C@@]5([C@@H](O)C(CO)=CC[C@]35O)[C@@]2(O)[C@]14C. The van der Waals surface area contributed by atoms with Gasteiger partial charge in [-0.3, -0.25) is 0 Å². The van der Waals surface area contributed by atoms with Crippen LogP contribution in [0.4, 0.5) is 0 Å². The van der Waals surface area contributed by atoms with E-state index >= 15 is 0 Å². The maximum absolute atomic E-state index is 13.2. The molecule has 2 saturated heterocycles. The highest BCUT2D eigenvalue weighted by atomic mass is 16.7. The Morgan fingerprint density at radius 1 is 1.22 bits per heavy atom. The molecule has 1 aromatic rings. The minimum atomic E-state index is -2.90. The first kappa shape index (κ1) is 25.4. The van der Waals surface area contributed by atoms with Gasteiger partial charge in [-0.2, -0.15) is 0 Å². The molecular weight excluding hydrogens is 490 g/mol. The zero-order valence-electron chi connectivity index (χ0n) is 20.7. The second-order valence-electron chi connectivity index (χ2n) is 11.9. The molecule has 204 valence electrons. The van der Waals surface area contributed by atoms with Gasteiger partial charge in [0.25, 0.3) is 0 Å². The first-order chi connectivity index (χ1) is 17.1. The van der Waals surface area contributed by atoms with Crippen molar-refractivity contribution >= 4 is 5.97 Å². The summed E-state index contributed by atoms with van der Waals surface area (Å²) in [5.74, 6) is -4.42. The van der Waals surface area contributed by atoms with E-state index < -0.39 is 94.8 Å². The van der Waals surface area contributed by atoms with Crippen LogP contribution in [0.5, 0.6) is 0 Å². The van der Waals surface area contributed by atoms with E-state index in [4.69, 9.17) is 9.47 Å². The van der Waals surface area contributed by atoms with E-state index in [1.165, 1.54) is 45.2 Å². The number of H-pyrrole nitrogens is 1. The molecule has 1 spiro atoms. The second-order valence-corrected chi connectivity index (χ2v) is 11.9. The van der Waals surface area contributed by atoms with Gasteiger partial charge in [0.1, 0.15) is 34.2 Å². The standard InChI is InChI=1S/C25H33NO11/c1-12(2)22(33)17(36-16(30)14-5-4-8-26-14)23(34)19(11-28)10-21(32)18(22,3)25(23,35)24(37-21)15(29)13(9-27)6-7-20(19,24)31/h4-6,8,12,15,17,26-29,31-35H,7,9-11H2,1-3H3/t15-,17+,18-,19+,20-,21-,22+,23+,24+,25+/m0/s1. The minimum Gasteiger partial charge on any atom is -0.451 e. The summed E-state index contributed by atoms with van der Waals surface area (Å²) < 4.78 is 11.8. The molecule has 3 saturated carbocycles. The molecule has 12 heteroatoms. The fraction of sp³-hybridized carbons (Fsp3) is 0.720. The first-order valence-electron chi connectivity index (χ1n) is 12.4. The van der Waals surface area contributed by atoms with Crippen molar-refractivity contribution in [1.82, 2.24) is 4.98 Å². The molecule has 7 rings (SSSR count). The van der Waals surface area contributed by atoms with Crippen LogP contribution < -0.4 is 0 Å². The molecule has 6 aliphatic rings. The summed E-state index contributed by atoms with van der Waals surface area (Å²) in [4.78, 5) is 15.9. The summed E-state index contributed by atoms with van der Waals surface area (Å²) in [6.45, 7) is 2.60. The van der Waals surface area contributed by atoms with Gasteiger partial charge in [-0.25, -0.2) is 4.79 Å². The van der Waals surface area contributed by atoms with Crippen LogP contribution >= 0.6 is 0 Å². The highest BCUT2D eigenvalue weighted by Crippen LogP contribution is 2.90. The predicted molar refractivity (Wildman–Crippen MR) is 121 cm³/mol. The van der Waals surface area contributed by atoms with Crippen molar-refractivity contribution in [3.63, 3.8) is 0 Å². The van der Waals surface area contributed by atoms with E-state index in [1.54, 1.807) is 0 Å². The second kappa shape index (κ2) is 6.64. The van der Waals surface area contributed by atoms with Crippen molar-refractivity contribution in [2.45, 2.75) is 79.6 Å². The van der Waals surface area contributed by atoms with Crippen LogP contribution in [0.25, 0.3) is 0 Å². The monoisotopic (exact) mass is 523 g/mol. The van der Waals surface area contributed by atoms with Crippen LogP contribution in [-0.2, 0) is 9.47 Å². The number of nitrogens with one attached hydrogen (secondary N) is 1. The van der Waals surface area contributed by atoms with Crippen LogP contribution in [0.15, 0.2) is 30.0 Å². The summed E-state index contributed by atoms with van der Waals surface area (Å²) >= 11 is 0. The van der Waals surface area contributed by atoms with Gasteiger partial charge in [-0.15, -0.1) is 0 Å². The summed E-state index contributed by atoms with van der Waals surface area (Å²) in [6, 6.07) is 2.93. The molecular formula is C25H33NO11. The Hall–Kier alpha value is -1.87. The van der Waals surface area contributed by atoms with Gasteiger partial charge in [0, 0.05) is 12.6 Å². The fourth-order valence-corrected chi connectivity index (χ4v) is 9.31. The number of carbonyl (C=O) groups excluding carboxylic acids is 1. The maximum atomic E-state index is 13.2. The Morgan fingerprint density at radius 3 is 2.43 bits per heavy atom. The molecule has 0 amide bonds. The van der Waals surface area contributed by atoms with Gasteiger partial charge >= 0.3 is 5.97 Å². The zero-order chi connectivity index (χ0) is 27.2. The molecule has 3 heterocycles.